The van der Waals surface area contributed by atoms with Crippen LogP contribution in [-0.2, 0) is 9.59 Å². The summed E-state index contributed by atoms with van der Waals surface area (Å²) in [6, 6.07) is 8.02. The average Bonchev–Trinajstić information content (AvgIpc) is 2.42. The lowest BCUT2D eigenvalue weighted by Gasteiger charge is -2.13. The van der Waals surface area contributed by atoms with E-state index in [1.165, 1.54) is 19.9 Å². The summed E-state index contributed by atoms with van der Waals surface area (Å²) in [7, 11) is 0. The normalized spacial score (nSPS) is 10.2. The van der Waals surface area contributed by atoms with Crippen molar-refractivity contribution in [3.8, 4) is 17.2 Å². The lowest BCUT2D eigenvalue weighted by Crippen LogP contribution is -2.11. The fourth-order valence-electron chi connectivity index (χ4n) is 1.82. The number of aromatic hydroxyl groups is 1. The average molecular weight is 286 g/mol. The van der Waals surface area contributed by atoms with Gasteiger partial charge in [0.25, 0.3) is 0 Å². The zero-order valence-electron chi connectivity index (χ0n) is 11.7. The van der Waals surface area contributed by atoms with Crippen molar-refractivity contribution in [1.29, 1.82) is 0 Å². The molecular weight excluding hydrogens is 272 g/mol. The number of rotatable bonds is 3. The van der Waals surface area contributed by atoms with Crippen LogP contribution in [0.2, 0.25) is 0 Å². The van der Waals surface area contributed by atoms with Crippen molar-refractivity contribution >= 4 is 22.7 Å². The van der Waals surface area contributed by atoms with Crippen LogP contribution in [0.4, 0.5) is 0 Å². The second kappa shape index (κ2) is 5.66. The summed E-state index contributed by atoms with van der Waals surface area (Å²) < 4.78 is 10.3. The van der Waals surface area contributed by atoms with Crippen LogP contribution in [0.5, 0.6) is 17.2 Å². The van der Waals surface area contributed by atoms with Crippen LogP contribution in [0.3, 0.4) is 0 Å². The van der Waals surface area contributed by atoms with Gasteiger partial charge < -0.3 is 14.6 Å². The van der Waals surface area contributed by atoms with Crippen molar-refractivity contribution in [3.63, 3.8) is 0 Å². The van der Waals surface area contributed by atoms with Crippen LogP contribution >= 0.6 is 0 Å². The van der Waals surface area contributed by atoms with Gasteiger partial charge in [0.15, 0.2) is 11.5 Å². The fourth-order valence-corrected chi connectivity index (χ4v) is 1.82. The quantitative estimate of drug-likeness (QED) is 0.533. The van der Waals surface area contributed by atoms with E-state index < -0.39 is 11.9 Å². The number of benzene rings is 2. The topological polar surface area (TPSA) is 72.8 Å². The third-order valence-electron chi connectivity index (χ3n) is 2.74. The van der Waals surface area contributed by atoms with E-state index in [4.69, 9.17) is 9.47 Å². The summed E-state index contributed by atoms with van der Waals surface area (Å²) in [6.45, 7) is 6.24. The van der Waals surface area contributed by atoms with Gasteiger partial charge in [0.05, 0.1) is 0 Å². The van der Waals surface area contributed by atoms with Crippen LogP contribution in [0.15, 0.2) is 42.5 Å². The molecule has 5 heteroatoms. The van der Waals surface area contributed by atoms with Crippen LogP contribution in [0.1, 0.15) is 13.8 Å². The number of phenolic OH excluding ortho intramolecular Hbond substituents is 1. The van der Waals surface area contributed by atoms with Gasteiger partial charge in [-0.05, 0) is 6.92 Å². The maximum absolute atomic E-state index is 11.8. The molecule has 0 aliphatic heterocycles. The van der Waals surface area contributed by atoms with E-state index in [0.29, 0.717) is 10.8 Å². The number of hydrogen-bond donors (Lipinski definition) is 1. The fraction of sp³-hybridized carbons (Fsp3) is 0.125. The Morgan fingerprint density at radius 1 is 1.10 bits per heavy atom. The van der Waals surface area contributed by atoms with E-state index >= 15 is 0 Å². The highest BCUT2D eigenvalue weighted by atomic mass is 16.6. The number of fused-ring (bicyclic) bond motifs is 1. The zero-order chi connectivity index (χ0) is 15.6. The molecule has 0 bridgehead atoms. The van der Waals surface area contributed by atoms with E-state index in [1.54, 1.807) is 24.3 Å². The summed E-state index contributed by atoms with van der Waals surface area (Å²) in [5, 5.41) is 10.9. The number of phenols is 1. The van der Waals surface area contributed by atoms with E-state index in [2.05, 4.69) is 6.58 Å². The Kier molecular flexibility index (Phi) is 3.93. The van der Waals surface area contributed by atoms with Crippen molar-refractivity contribution in [2.75, 3.05) is 0 Å². The van der Waals surface area contributed by atoms with Gasteiger partial charge in [0.2, 0.25) is 0 Å². The standard InChI is InChI=1S/C16H14O5/c1-9(2)16(19)21-15-12-7-5-4-6-11(12)13(18)8-14(15)20-10(3)17/h4-8,18H,1H2,2-3H3. The molecule has 108 valence electrons. The molecule has 0 radical (unpaired) electrons. The van der Waals surface area contributed by atoms with Gasteiger partial charge in [-0.15, -0.1) is 0 Å². The Morgan fingerprint density at radius 3 is 2.29 bits per heavy atom. The first-order valence-corrected chi connectivity index (χ1v) is 6.21. The van der Waals surface area contributed by atoms with Crippen molar-refractivity contribution in [2.24, 2.45) is 0 Å². The molecule has 2 aromatic rings. The molecule has 0 heterocycles. The largest absolute Gasteiger partial charge is 0.507 e. The molecule has 0 aromatic heterocycles. The van der Waals surface area contributed by atoms with Gasteiger partial charge >= 0.3 is 11.9 Å². The second-order valence-electron chi connectivity index (χ2n) is 4.53. The van der Waals surface area contributed by atoms with Gasteiger partial charge in [-0.25, -0.2) is 4.79 Å². The molecule has 5 nitrogen and oxygen atoms in total. The minimum Gasteiger partial charge on any atom is -0.507 e. The lowest BCUT2D eigenvalue weighted by molar-refractivity contribution is -0.133. The van der Waals surface area contributed by atoms with Crippen molar-refractivity contribution in [3.05, 3.63) is 42.5 Å². The highest BCUT2D eigenvalue weighted by Gasteiger charge is 2.18. The van der Waals surface area contributed by atoms with Crippen LogP contribution in [0, 0.1) is 0 Å². The highest BCUT2D eigenvalue weighted by molar-refractivity contribution is 5.99. The third kappa shape index (κ3) is 3.02. The monoisotopic (exact) mass is 286 g/mol. The highest BCUT2D eigenvalue weighted by Crippen LogP contribution is 2.41. The Hall–Kier alpha value is -2.82. The van der Waals surface area contributed by atoms with Gasteiger partial charge in [-0.1, -0.05) is 30.8 Å². The maximum atomic E-state index is 11.8. The number of esters is 2. The molecule has 2 rings (SSSR count). The summed E-state index contributed by atoms with van der Waals surface area (Å²) in [4.78, 5) is 22.9. The zero-order valence-corrected chi connectivity index (χ0v) is 11.7. The van der Waals surface area contributed by atoms with E-state index in [1.807, 2.05) is 0 Å². The van der Waals surface area contributed by atoms with E-state index in [9.17, 15) is 14.7 Å². The molecule has 0 unspecified atom stereocenters. The number of carbonyl (C=O) groups is 2. The van der Waals surface area contributed by atoms with Crippen molar-refractivity contribution in [1.82, 2.24) is 0 Å². The van der Waals surface area contributed by atoms with Crippen LogP contribution in [0.25, 0.3) is 10.8 Å². The molecule has 0 saturated carbocycles. The molecule has 0 aliphatic rings. The first kappa shape index (κ1) is 14.6. The molecule has 1 N–H and O–H groups in total. The minimum absolute atomic E-state index is 0.0201. The van der Waals surface area contributed by atoms with E-state index in [-0.39, 0.29) is 22.8 Å². The first-order valence-electron chi connectivity index (χ1n) is 6.21. The Labute approximate surface area is 121 Å². The third-order valence-corrected chi connectivity index (χ3v) is 2.74. The molecule has 21 heavy (non-hydrogen) atoms. The molecule has 0 fully saturated rings. The van der Waals surface area contributed by atoms with Crippen molar-refractivity contribution < 1.29 is 24.2 Å². The van der Waals surface area contributed by atoms with Crippen LogP contribution < -0.4 is 9.47 Å². The van der Waals surface area contributed by atoms with Crippen LogP contribution in [-0.4, -0.2) is 17.0 Å². The number of ether oxygens (including phenoxy) is 2. The molecule has 0 spiro atoms. The van der Waals surface area contributed by atoms with Gasteiger partial charge in [-0.2, -0.15) is 0 Å². The SMILES string of the molecule is C=C(C)C(=O)Oc1c(OC(C)=O)cc(O)c2ccccc12. The second-order valence-corrected chi connectivity index (χ2v) is 4.53. The van der Waals surface area contributed by atoms with Gasteiger partial charge in [-0.3, -0.25) is 4.79 Å². The molecular formula is C16H14O5. The van der Waals surface area contributed by atoms with E-state index in [0.717, 1.165) is 0 Å². The molecule has 2 aromatic carbocycles. The molecule has 0 aliphatic carbocycles. The summed E-state index contributed by atoms with van der Waals surface area (Å²) >= 11 is 0. The van der Waals surface area contributed by atoms with Gasteiger partial charge in [0, 0.05) is 29.3 Å². The maximum Gasteiger partial charge on any atom is 0.338 e. The first-order chi connectivity index (χ1) is 9.90. The number of hydrogen-bond acceptors (Lipinski definition) is 5. The predicted octanol–water partition coefficient (Wildman–Crippen LogP) is 2.95. The number of carbonyl (C=O) groups excluding carboxylic acids is 2. The van der Waals surface area contributed by atoms with Crippen molar-refractivity contribution in [2.45, 2.75) is 13.8 Å². The molecule has 0 saturated heterocycles. The lowest BCUT2D eigenvalue weighted by atomic mass is 10.1. The predicted molar refractivity (Wildman–Crippen MR) is 77.4 cm³/mol. The summed E-state index contributed by atoms with van der Waals surface area (Å²) in [6.07, 6.45) is 0. The van der Waals surface area contributed by atoms with Gasteiger partial charge in [0.1, 0.15) is 5.75 Å². The smallest absolute Gasteiger partial charge is 0.338 e. The minimum atomic E-state index is -0.640. The summed E-state index contributed by atoms with van der Waals surface area (Å²) in [5.41, 5.74) is 0.209. The Bertz CT molecular complexity index is 746. The Morgan fingerprint density at radius 2 is 1.71 bits per heavy atom. The molecule has 0 amide bonds. The Balaban J connectivity index is 2.66. The summed E-state index contributed by atoms with van der Waals surface area (Å²) in [5.74, 6) is -1.24. The molecule has 0 atom stereocenters.